The Morgan fingerprint density at radius 3 is 2.95 bits per heavy atom. The SMILES string of the molecule is COc1ccc2c(c1)C(NC(C)CN(C)C)CCO2. The molecule has 1 aliphatic heterocycles. The van der Waals surface area contributed by atoms with Gasteiger partial charge in [-0.15, -0.1) is 0 Å². The Bertz CT molecular complexity index is 421. The van der Waals surface area contributed by atoms with Gasteiger partial charge in [0.15, 0.2) is 0 Å². The first-order chi connectivity index (χ1) is 9.10. The summed E-state index contributed by atoms with van der Waals surface area (Å²) in [6.07, 6.45) is 0.998. The average molecular weight is 264 g/mol. The second kappa shape index (κ2) is 6.26. The van der Waals surface area contributed by atoms with Crippen LogP contribution in [0.25, 0.3) is 0 Å². The van der Waals surface area contributed by atoms with Crippen LogP contribution in [0.3, 0.4) is 0 Å². The summed E-state index contributed by atoms with van der Waals surface area (Å²) >= 11 is 0. The van der Waals surface area contributed by atoms with Gasteiger partial charge in [0.2, 0.25) is 0 Å². The molecule has 1 heterocycles. The highest BCUT2D eigenvalue weighted by atomic mass is 16.5. The third-order valence-electron chi connectivity index (χ3n) is 3.38. The van der Waals surface area contributed by atoms with Crippen LogP contribution in [-0.2, 0) is 0 Å². The van der Waals surface area contributed by atoms with Crippen molar-refractivity contribution in [1.82, 2.24) is 10.2 Å². The normalized spacial score (nSPS) is 19.7. The molecule has 0 aliphatic carbocycles. The second-order valence-electron chi connectivity index (χ2n) is 5.42. The van der Waals surface area contributed by atoms with Gasteiger partial charge in [-0.05, 0) is 39.2 Å². The number of methoxy groups -OCH3 is 1. The van der Waals surface area contributed by atoms with Gasteiger partial charge < -0.3 is 19.7 Å². The molecule has 0 radical (unpaired) electrons. The molecule has 0 bridgehead atoms. The Kier molecular flexibility index (Phi) is 4.66. The minimum atomic E-state index is 0.341. The summed E-state index contributed by atoms with van der Waals surface area (Å²) < 4.78 is 11.0. The molecule has 0 saturated heterocycles. The molecule has 0 fully saturated rings. The predicted octanol–water partition coefficient (Wildman–Crippen LogP) is 2.06. The zero-order chi connectivity index (χ0) is 13.8. The van der Waals surface area contributed by atoms with Crippen molar-refractivity contribution in [2.24, 2.45) is 0 Å². The van der Waals surface area contributed by atoms with Gasteiger partial charge in [0, 0.05) is 30.6 Å². The molecule has 1 aliphatic rings. The molecule has 2 atom stereocenters. The summed E-state index contributed by atoms with van der Waals surface area (Å²) in [6.45, 7) is 4.01. The van der Waals surface area contributed by atoms with Crippen molar-refractivity contribution in [2.45, 2.75) is 25.4 Å². The quantitative estimate of drug-likeness (QED) is 0.882. The molecule has 4 heteroatoms. The summed E-state index contributed by atoms with van der Waals surface area (Å²) in [4.78, 5) is 2.20. The number of nitrogens with one attached hydrogen (secondary N) is 1. The third kappa shape index (κ3) is 3.61. The lowest BCUT2D eigenvalue weighted by Gasteiger charge is -2.30. The van der Waals surface area contributed by atoms with E-state index in [0.29, 0.717) is 12.1 Å². The number of fused-ring (bicyclic) bond motifs is 1. The molecule has 4 nitrogen and oxygen atoms in total. The molecule has 0 saturated carbocycles. The van der Waals surface area contributed by atoms with Crippen LogP contribution in [0.4, 0.5) is 0 Å². The van der Waals surface area contributed by atoms with Crippen molar-refractivity contribution >= 4 is 0 Å². The van der Waals surface area contributed by atoms with E-state index in [1.165, 1.54) is 5.56 Å². The lowest BCUT2D eigenvalue weighted by molar-refractivity contribution is 0.235. The molecule has 19 heavy (non-hydrogen) atoms. The predicted molar refractivity (Wildman–Crippen MR) is 77.0 cm³/mol. The highest BCUT2D eigenvalue weighted by Gasteiger charge is 2.23. The maximum Gasteiger partial charge on any atom is 0.124 e. The Morgan fingerprint density at radius 1 is 1.47 bits per heavy atom. The fourth-order valence-corrected chi connectivity index (χ4v) is 2.62. The fraction of sp³-hybridized carbons (Fsp3) is 0.600. The number of hydrogen-bond acceptors (Lipinski definition) is 4. The van der Waals surface area contributed by atoms with E-state index < -0.39 is 0 Å². The number of hydrogen-bond donors (Lipinski definition) is 1. The number of ether oxygens (including phenoxy) is 2. The topological polar surface area (TPSA) is 33.7 Å². The van der Waals surface area contributed by atoms with Gasteiger partial charge in [0.25, 0.3) is 0 Å². The summed E-state index contributed by atoms with van der Waals surface area (Å²) in [5.41, 5.74) is 1.20. The summed E-state index contributed by atoms with van der Waals surface area (Å²) in [5.74, 6) is 1.86. The highest BCUT2D eigenvalue weighted by molar-refractivity contribution is 5.43. The zero-order valence-corrected chi connectivity index (χ0v) is 12.3. The molecular weight excluding hydrogens is 240 g/mol. The van der Waals surface area contributed by atoms with Gasteiger partial charge in [0.1, 0.15) is 11.5 Å². The lowest BCUT2D eigenvalue weighted by atomic mass is 9.99. The summed E-state index contributed by atoms with van der Waals surface area (Å²) in [5, 5.41) is 3.68. The van der Waals surface area contributed by atoms with E-state index in [-0.39, 0.29) is 0 Å². The Morgan fingerprint density at radius 2 is 2.26 bits per heavy atom. The maximum absolute atomic E-state index is 5.71. The van der Waals surface area contributed by atoms with Gasteiger partial charge in [-0.3, -0.25) is 0 Å². The molecule has 0 spiro atoms. The van der Waals surface area contributed by atoms with Crippen LogP contribution in [0.5, 0.6) is 11.5 Å². The van der Waals surface area contributed by atoms with Gasteiger partial charge >= 0.3 is 0 Å². The van der Waals surface area contributed by atoms with Crippen LogP contribution in [0.2, 0.25) is 0 Å². The number of likely N-dealkylation sites (N-methyl/N-ethyl adjacent to an activating group) is 1. The molecule has 0 aromatic heterocycles. The van der Waals surface area contributed by atoms with Crippen LogP contribution in [0.15, 0.2) is 18.2 Å². The van der Waals surface area contributed by atoms with E-state index in [4.69, 9.17) is 9.47 Å². The summed E-state index contributed by atoms with van der Waals surface area (Å²) in [6, 6.07) is 6.81. The Labute approximate surface area is 115 Å². The number of rotatable bonds is 5. The first kappa shape index (κ1) is 14.2. The van der Waals surface area contributed by atoms with Gasteiger partial charge in [0.05, 0.1) is 13.7 Å². The third-order valence-corrected chi connectivity index (χ3v) is 3.38. The molecule has 1 N–H and O–H groups in total. The minimum Gasteiger partial charge on any atom is -0.497 e. The fourth-order valence-electron chi connectivity index (χ4n) is 2.62. The largest absolute Gasteiger partial charge is 0.497 e. The van der Waals surface area contributed by atoms with E-state index in [1.54, 1.807) is 7.11 Å². The minimum absolute atomic E-state index is 0.341. The molecular formula is C15H24N2O2. The molecule has 106 valence electrons. The molecule has 1 aromatic rings. The number of nitrogens with zero attached hydrogens (tertiary/aromatic N) is 1. The van der Waals surface area contributed by atoms with Gasteiger partial charge in [-0.25, -0.2) is 0 Å². The van der Waals surface area contributed by atoms with Crippen LogP contribution < -0.4 is 14.8 Å². The van der Waals surface area contributed by atoms with Gasteiger partial charge in [-0.1, -0.05) is 0 Å². The van der Waals surface area contributed by atoms with Crippen LogP contribution >= 0.6 is 0 Å². The highest BCUT2D eigenvalue weighted by Crippen LogP contribution is 2.34. The maximum atomic E-state index is 5.71. The van der Waals surface area contributed by atoms with Crippen LogP contribution in [0.1, 0.15) is 24.9 Å². The lowest BCUT2D eigenvalue weighted by Crippen LogP contribution is -2.39. The first-order valence-corrected chi connectivity index (χ1v) is 6.81. The monoisotopic (exact) mass is 264 g/mol. The first-order valence-electron chi connectivity index (χ1n) is 6.81. The van der Waals surface area contributed by atoms with E-state index in [1.807, 2.05) is 12.1 Å². The van der Waals surface area contributed by atoms with E-state index >= 15 is 0 Å². The van der Waals surface area contributed by atoms with E-state index in [2.05, 4.69) is 37.3 Å². The van der Waals surface area contributed by atoms with Crippen molar-refractivity contribution in [3.8, 4) is 11.5 Å². The zero-order valence-electron chi connectivity index (χ0n) is 12.3. The van der Waals surface area contributed by atoms with Crippen molar-refractivity contribution in [2.75, 3.05) is 34.4 Å². The van der Waals surface area contributed by atoms with Crippen LogP contribution in [-0.4, -0.2) is 45.3 Å². The van der Waals surface area contributed by atoms with Crippen molar-refractivity contribution < 1.29 is 9.47 Å². The second-order valence-corrected chi connectivity index (χ2v) is 5.42. The Balaban J connectivity index is 2.12. The molecule has 2 unspecified atom stereocenters. The smallest absolute Gasteiger partial charge is 0.124 e. The van der Waals surface area contributed by atoms with E-state index in [0.717, 1.165) is 31.1 Å². The van der Waals surface area contributed by atoms with Crippen molar-refractivity contribution in [3.63, 3.8) is 0 Å². The van der Waals surface area contributed by atoms with Crippen molar-refractivity contribution in [1.29, 1.82) is 0 Å². The van der Waals surface area contributed by atoms with Gasteiger partial charge in [-0.2, -0.15) is 0 Å². The Hall–Kier alpha value is -1.26. The molecule has 2 rings (SSSR count). The standard InChI is InChI=1S/C15H24N2O2/c1-11(10-17(2)3)16-14-7-8-19-15-6-5-12(18-4)9-13(14)15/h5-6,9,11,14,16H,7-8,10H2,1-4H3. The number of benzene rings is 1. The molecule has 1 aromatic carbocycles. The molecule has 0 amide bonds. The van der Waals surface area contributed by atoms with Crippen LogP contribution in [0, 0.1) is 0 Å². The van der Waals surface area contributed by atoms with Crippen molar-refractivity contribution in [3.05, 3.63) is 23.8 Å². The summed E-state index contributed by atoms with van der Waals surface area (Å²) in [7, 11) is 5.89. The average Bonchev–Trinajstić information content (AvgIpc) is 2.37. The van der Waals surface area contributed by atoms with E-state index in [9.17, 15) is 0 Å².